The van der Waals surface area contributed by atoms with Crippen molar-refractivity contribution < 1.29 is 0 Å². The van der Waals surface area contributed by atoms with Crippen LogP contribution >= 0.6 is 15.9 Å². The number of nitrogens with one attached hydrogen (secondary N) is 1. The number of rotatable bonds is 6. The van der Waals surface area contributed by atoms with Crippen LogP contribution in [-0.2, 0) is 6.54 Å². The molecule has 0 aromatic heterocycles. The van der Waals surface area contributed by atoms with Crippen LogP contribution in [0.25, 0.3) is 0 Å². The molecule has 0 unspecified atom stereocenters. The van der Waals surface area contributed by atoms with Crippen molar-refractivity contribution in [3.63, 3.8) is 0 Å². The van der Waals surface area contributed by atoms with Gasteiger partial charge >= 0.3 is 0 Å². The Kier molecular flexibility index (Phi) is 6.53. The van der Waals surface area contributed by atoms with Gasteiger partial charge in [-0.2, -0.15) is 0 Å². The highest BCUT2D eigenvalue weighted by Crippen LogP contribution is 2.22. The fraction of sp³-hybridized carbons (Fsp3) is 0.647. The molecule has 2 nitrogen and oxygen atoms in total. The largest absolute Gasteiger partial charge is 0.317 e. The molecule has 1 aromatic rings. The van der Waals surface area contributed by atoms with Crippen LogP contribution in [0.5, 0.6) is 0 Å². The molecule has 0 saturated carbocycles. The minimum absolute atomic E-state index is 0.868. The number of halogens is 1. The van der Waals surface area contributed by atoms with E-state index in [1.165, 1.54) is 61.0 Å². The number of aryl methyl sites for hydroxylation is 1. The van der Waals surface area contributed by atoms with Gasteiger partial charge in [-0.15, -0.1) is 0 Å². The zero-order valence-corrected chi connectivity index (χ0v) is 14.4. The van der Waals surface area contributed by atoms with Gasteiger partial charge < -0.3 is 5.32 Å². The molecule has 1 aliphatic rings. The smallest absolute Gasteiger partial charge is 0.0245 e. The number of hydrogen-bond donors (Lipinski definition) is 1. The average molecular weight is 339 g/mol. The maximum atomic E-state index is 3.72. The number of nitrogens with zero attached hydrogens (tertiary/aromatic N) is 1. The maximum Gasteiger partial charge on any atom is 0.0245 e. The molecule has 112 valence electrons. The summed E-state index contributed by atoms with van der Waals surface area (Å²) in [6.45, 7) is 10.3. The first-order chi connectivity index (χ1) is 9.69. The van der Waals surface area contributed by atoms with Crippen LogP contribution in [0, 0.1) is 12.8 Å². The predicted molar refractivity (Wildman–Crippen MR) is 90.0 cm³/mol. The molecule has 1 fully saturated rings. The standard InChI is InChI=1S/C17H27BrN2/c1-3-10-20(12-15-6-8-19-9-7-15)13-16-5-4-14(2)11-17(16)18/h4-5,11,15,19H,3,6-10,12-13H2,1-2H3. The molecule has 20 heavy (non-hydrogen) atoms. The van der Waals surface area contributed by atoms with E-state index in [9.17, 15) is 0 Å². The molecule has 1 saturated heterocycles. The van der Waals surface area contributed by atoms with Gasteiger partial charge in [0.05, 0.1) is 0 Å². The Balaban J connectivity index is 1.96. The summed E-state index contributed by atoms with van der Waals surface area (Å²) in [5.74, 6) is 0.868. The molecule has 0 radical (unpaired) electrons. The molecule has 1 aliphatic heterocycles. The Bertz CT molecular complexity index is 413. The zero-order valence-electron chi connectivity index (χ0n) is 12.8. The van der Waals surface area contributed by atoms with Crippen molar-refractivity contribution in [3.05, 3.63) is 33.8 Å². The third-order valence-electron chi connectivity index (χ3n) is 4.12. The maximum absolute atomic E-state index is 3.72. The molecule has 1 heterocycles. The normalized spacial score (nSPS) is 16.8. The van der Waals surface area contributed by atoms with E-state index in [1.54, 1.807) is 0 Å². The van der Waals surface area contributed by atoms with E-state index in [4.69, 9.17) is 0 Å². The second kappa shape index (κ2) is 8.16. The van der Waals surface area contributed by atoms with E-state index in [0.29, 0.717) is 0 Å². The van der Waals surface area contributed by atoms with E-state index < -0.39 is 0 Å². The summed E-state index contributed by atoms with van der Waals surface area (Å²) >= 11 is 3.72. The van der Waals surface area contributed by atoms with E-state index >= 15 is 0 Å². The van der Waals surface area contributed by atoms with E-state index in [-0.39, 0.29) is 0 Å². The van der Waals surface area contributed by atoms with Gasteiger partial charge in [0, 0.05) is 17.6 Å². The number of piperidine rings is 1. The lowest BCUT2D eigenvalue weighted by Crippen LogP contribution is -2.36. The highest BCUT2D eigenvalue weighted by molar-refractivity contribution is 9.10. The Labute approximate surface area is 132 Å². The summed E-state index contributed by atoms with van der Waals surface area (Å²) < 4.78 is 1.25. The molecule has 0 atom stereocenters. The molecule has 3 heteroatoms. The van der Waals surface area contributed by atoms with E-state index in [2.05, 4.69) is 58.2 Å². The van der Waals surface area contributed by atoms with Crippen molar-refractivity contribution in [1.82, 2.24) is 10.2 Å². The first-order valence-electron chi connectivity index (χ1n) is 7.87. The monoisotopic (exact) mass is 338 g/mol. The molecular formula is C17H27BrN2. The van der Waals surface area contributed by atoms with Crippen LogP contribution in [0.3, 0.4) is 0 Å². The molecule has 0 aliphatic carbocycles. The fourth-order valence-electron chi connectivity index (χ4n) is 3.00. The van der Waals surface area contributed by atoms with Gasteiger partial charge in [-0.05, 0) is 68.9 Å². The lowest BCUT2D eigenvalue weighted by Gasteiger charge is -2.30. The lowest BCUT2D eigenvalue weighted by atomic mass is 9.97. The van der Waals surface area contributed by atoms with Crippen LogP contribution in [0.15, 0.2) is 22.7 Å². The molecule has 0 bridgehead atoms. The van der Waals surface area contributed by atoms with Gasteiger partial charge in [0.1, 0.15) is 0 Å². The third-order valence-corrected chi connectivity index (χ3v) is 4.86. The van der Waals surface area contributed by atoms with Crippen molar-refractivity contribution >= 4 is 15.9 Å². The van der Waals surface area contributed by atoms with Crippen LogP contribution in [0.2, 0.25) is 0 Å². The van der Waals surface area contributed by atoms with Crippen LogP contribution in [0.1, 0.15) is 37.3 Å². The molecule has 2 rings (SSSR count). The second-order valence-corrected chi connectivity index (χ2v) is 6.88. The van der Waals surface area contributed by atoms with Gasteiger partial charge in [-0.1, -0.05) is 35.0 Å². The van der Waals surface area contributed by atoms with Gasteiger partial charge in [0.15, 0.2) is 0 Å². The summed E-state index contributed by atoms with van der Waals surface area (Å²) in [6, 6.07) is 6.71. The van der Waals surface area contributed by atoms with Gasteiger partial charge in [-0.3, -0.25) is 4.90 Å². The SMILES string of the molecule is CCCN(Cc1ccc(C)cc1Br)CC1CCNCC1. The summed E-state index contributed by atoms with van der Waals surface area (Å²) in [5.41, 5.74) is 2.74. The first kappa shape index (κ1) is 16.0. The Hall–Kier alpha value is -0.380. The highest BCUT2D eigenvalue weighted by atomic mass is 79.9. The van der Waals surface area contributed by atoms with Crippen molar-refractivity contribution in [2.45, 2.75) is 39.7 Å². The Morgan fingerprint density at radius 2 is 2.05 bits per heavy atom. The minimum Gasteiger partial charge on any atom is -0.317 e. The topological polar surface area (TPSA) is 15.3 Å². The molecular weight excluding hydrogens is 312 g/mol. The predicted octanol–water partition coefficient (Wildman–Crippen LogP) is 3.97. The van der Waals surface area contributed by atoms with Crippen molar-refractivity contribution in [1.29, 1.82) is 0 Å². The van der Waals surface area contributed by atoms with Crippen molar-refractivity contribution in [2.75, 3.05) is 26.2 Å². The van der Waals surface area contributed by atoms with E-state index in [0.717, 1.165) is 12.5 Å². The van der Waals surface area contributed by atoms with Gasteiger partial charge in [0.2, 0.25) is 0 Å². The molecule has 1 aromatic carbocycles. The molecule has 0 amide bonds. The fourth-order valence-corrected chi connectivity index (χ4v) is 3.62. The molecule has 0 spiro atoms. The quantitative estimate of drug-likeness (QED) is 0.844. The Morgan fingerprint density at radius 3 is 2.70 bits per heavy atom. The summed E-state index contributed by atoms with van der Waals surface area (Å²) in [7, 11) is 0. The van der Waals surface area contributed by atoms with Gasteiger partial charge in [0.25, 0.3) is 0 Å². The lowest BCUT2D eigenvalue weighted by molar-refractivity contribution is 0.198. The highest BCUT2D eigenvalue weighted by Gasteiger charge is 2.17. The zero-order chi connectivity index (χ0) is 14.4. The summed E-state index contributed by atoms with van der Waals surface area (Å²) in [4.78, 5) is 2.63. The second-order valence-electron chi connectivity index (χ2n) is 6.02. The third kappa shape index (κ3) is 4.87. The number of benzene rings is 1. The van der Waals surface area contributed by atoms with Crippen LogP contribution in [0.4, 0.5) is 0 Å². The summed E-state index contributed by atoms with van der Waals surface area (Å²) in [5, 5.41) is 3.46. The van der Waals surface area contributed by atoms with E-state index in [1.807, 2.05) is 0 Å². The summed E-state index contributed by atoms with van der Waals surface area (Å²) in [6.07, 6.45) is 3.89. The molecule has 1 N–H and O–H groups in total. The first-order valence-corrected chi connectivity index (χ1v) is 8.66. The minimum atomic E-state index is 0.868. The Morgan fingerprint density at radius 1 is 1.30 bits per heavy atom. The van der Waals surface area contributed by atoms with Crippen LogP contribution in [-0.4, -0.2) is 31.1 Å². The average Bonchev–Trinajstić information content (AvgIpc) is 2.43. The number of hydrogen-bond acceptors (Lipinski definition) is 2. The van der Waals surface area contributed by atoms with Crippen molar-refractivity contribution in [3.8, 4) is 0 Å². The van der Waals surface area contributed by atoms with Crippen molar-refractivity contribution in [2.24, 2.45) is 5.92 Å². The van der Waals surface area contributed by atoms with Gasteiger partial charge in [-0.25, -0.2) is 0 Å². The van der Waals surface area contributed by atoms with Crippen LogP contribution < -0.4 is 5.32 Å².